The zero-order valence-electron chi connectivity index (χ0n) is 45.6. The Morgan fingerprint density at radius 1 is 0.779 bits per heavy atom. The summed E-state index contributed by atoms with van der Waals surface area (Å²) in [6, 6.07) is -5.23. The summed E-state index contributed by atoms with van der Waals surface area (Å²) < 4.78 is 5.82. The standard InChI is InChI=1S/C53H80N10O14/c1-9-12-43(67)61-46(31(8)10-2)50(73)60-38-27-77-53(76)39-13-11-18-62(39)51(74)37(22-32-14-16-33(64)17-15-32)59-48(71)36(23-42(54)66)57-45(69)25-55-47(70)35(20-29(5)6)56-44(68)24-41(65)34(19-28(3)4)58-49(72)40-21-30(7)26-63(40)52(38)75/h14-17,28-31,34-40,46,64H,9-13,18-27H2,1-8H3,(H2,54,66)(H,55,70)(H,56,68)(H,57,69)(H,58,72)(H,59,71)(H,60,73)(H,61,67)/t30?,31?,34-,35+,36+,37+,38+,39+,40+,46+/m1/s1. The number of hydrogen-bond acceptors (Lipinski definition) is 14. The number of phenols is 1. The van der Waals surface area contributed by atoms with E-state index in [1.807, 2.05) is 6.92 Å². The molecule has 3 fully saturated rings. The Balaban J connectivity index is 1.81. The molecule has 0 aliphatic carbocycles. The smallest absolute Gasteiger partial charge is 0.328 e. The van der Waals surface area contributed by atoms with Crippen LogP contribution in [-0.2, 0) is 68.7 Å². The van der Waals surface area contributed by atoms with Crippen LogP contribution in [0.5, 0.6) is 5.75 Å². The number of nitrogens with one attached hydrogen (secondary N) is 7. The van der Waals surface area contributed by atoms with Crippen molar-refractivity contribution >= 4 is 70.8 Å². The summed E-state index contributed by atoms with van der Waals surface area (Å²) in [6.07, 6.45) is -0.0689. The Labute approximate surface area is 449 Å². The van der Waals surface area contributed by atoms with E-state index in [-0.39, 0.29) is 81.5 Å². The van der Waals surface area contributed by atoms with Crippen molar-refractivity contribution < 1.29 is 67.4 Å². The number of carbonyl (C=O) groups is 12. The molecule has 0 aromatic heterocycles. The zero-order chi connectivity index (χ0) is 57.3. The maximum absolute atomic E-state index is 14.9. The molecule has 426 valence electrons. The first-order chi connectivity index (χ1) is 36.3. The topological polar surface area (TPSA) is 351 Å². The largest absolute Gasteiger partial charge is 0.508 e. The minimum absolute atomic E-state index is 0.00411. The van der Waals surface area contributed by atoms with Gasteiger partial charge in [0.25, 0.3) is 0 Å². The average molecular weight is 1080 g/mol. The lowest BCUT2D eigenvalue weighted by molar-refractivity contribution is -0.157. The lowest BCUT2D eigenvalue weighted by Gasteiger charge is -2.32. The van der Waals surface area contributed by atoms with Gasteiger partial charge in [-0.25, -0.2) is 4.79 Å². The number of carbonyl (C=O) groups excluding carboxylic acids is 12. The number of nitrogens with zero attached hydrogens (tertiary/aromatic N) is 2. The molecule has 3 saturated heterocycles. The molecule has 10 amide bonds. The van der Waals surface area contributed by atoms with Gasteiger partial charge in [-0.15, -0.1) is 0 Å². The van der Waals surface area contributed by atoms with Gasteiger partial charge in [0.15, 0.2) is 5.78 Å². The number of benzene rings is 1. The van der Waals surface area contributed by atoms with E-state index in [1.165, 1.54) is 34.1 Å². The number of esters is 1. The van der Waals surface area contributed by atoms with Gasteiger partial charge < -0.3 is 62.6 Å². The number of hydrogen-bond donors (Lipinski definition) is 9. The predicted octanol–water partition coefficient (Wildman–Crippen LogP) is -0.482. The fraction of sp³-hybridized carbons (Fsp3) is 0.660. The van der Waals surface area contributed by atoms with Crippen LogP contribution in [0.4, 0.5) is 0 Å². The molecular weight excluding hydrogens is 1000 g/mol. The summed E-state index contributed by atoms with van der Waals surface area (Å²) in [6.45, 7) is 12.7. The number of ether oxygens (including phenoxy) is 1. The molecule has 3 aliphatic rings. The number of primary amides is 1. The molecule has 0 bridgehead atoms. The molecule has 0 spiro atoms. The van der Waals surface area contributed by atoms with E-state index < -0.39 is 151 Å². The SMILES string of the molecule is CCCC(=O)N[C@H](C(=O)N[C@H]1COC(=O)[C@@H]2CCCN2C(=O)[C@H](Cc2ccc(O)cc2)NC(=O)[C@H](CC(N)=O)NC(=O)CNC(=O)[C@H](CC(C)C)NC(=O)CC(=O)[C@@H](CC(C)C)NC(=O)[C@@H]2CC(C)CN2C1=O)C(C)CC. The molecule has 0 radical (unpaired) electrons. The van der Waals surface area contributed by atoms with Crippen LogP contribution in [0.2, 0.25) is 0 Å². The summed E-state index contributed by atoms with van der Waals surface area (Å²) in [5.41, 5.74) is 5.94. The second kappa shape index (κ2) is 29.4. The molecule has 4 rings (SSSR count). The number of ketones is 1. The van der Waals surface area contributed by atoms with Crippen LogP contribution in [0.25, 0.3) is 0 Å². The summed E-state index contributed by atoms with van der Waals surface area (Å²) >= 11 is 0. The summed E-state index contributed by atoms with van der Waals surface area (Å²) in [7, 11) is 0. The van der Waals surface area contributed by atoms with Crippen molar-refractivity contribution in [1.29, 1.82) is 0 Å². The van der Waals surface area contributed by atoms with Gasteiger partial charge in [0.05, 0.1) is 25.4 Å². The van der Waals surface area contributed by atoms with Gasteiger partial charge >= 0.3 is 5.97 Å². The maximum Gasteiger partial charge on any atom is 0.328 e. The number of phenolic OH excluding ortho intramolecular Hbond substituents is 1. The van der Waals surface area contributed by atoms with Gasteiger partial charge in [0, 0.05) is 25.9 Å². The van der Waals surface area contributed by atoms with E-state index >= 15 is 0 Å². The molecule has 10 atom stereocenters. The van der Waals surface area contributed by atoms with E-state index in [0.29, 0.717) is 18.4 Å². The monoisotopic (exact) mass is 1080 g/mol. The van der Waals surface area contributed by atoms with Crippen molar-refractivity contribution in [1.82, 2.24) is 47.0 Å². The number of fused-ring (bicyclic) bond motifs is 2. The highest BCUT2D eigenvalue weighted by Crippen LogP contribution is 2.26. The molecule has 3 heterocycles. The first-order valence-electron chi connectivity index (χ1n) is 26.7. The van der Waals surface area contributed by atoms with Gasteiger partial charge in [-0.3, -0.25) is 52.7 Å². The van der Waals surface area contributed by atoms with Crippen molar-refractivity contribution in [2.24, 2.45) is 29.4 Å². The Kier molecular flexibility index (Phi) is 23.8. The maximum atomic E-state index is 14.9. The molecule has 24 heteroatoms. The third-order valence-electron chi connectivity index (χ3n) is 13.8. The van der Waals surface area contributed by atoms with Gasteiger partial charge in [0.2, 0.25) is 59.1 Å². The van der Waals surface area contributed by atoms with Crippen LogP contribution in [-0.4, -0.2) is 160 Å². The Bertz CT molecular complexity index is 2330. The number of cyclic esters (lactones) is 1. The van der Waals surface area contributed by atoms with E-state index in [2.05, 4.69) is 37.2 Å². The Morgan fingerprint density at radius 2 is 1.42 bits per heavy atom. The molecular formula is C53H80N10O14. The van der Waals surface area contributed by atoms with Gasteiger partial charge in [-0.05, 0) is 79.9 Å². The number of Topliss-reactive ketones (excluding diaryl/α,β-unsaturated/α-hetero) is 1. The van der Waals surface area contributed by atoms with Gasteiger partial charge in [-0.2, -0.15) is 0 Å². The molecule has 2 unspecified atom stereocenters. The quantitative estimate of drug-likeness (QED) is 0.0792. The fourth-order valence-corrected chi connectivity index (χ4v) is 9.61. The van der Waals surface area contributed by atoms with Crippen molar-refractivity contribution in [3.8, 4) is 5.75 Å². The van der Waals surface area contributed by atoms with Crippen molar-refractivity contribution in [3.05, 3.63) is 29.8 Å². The Hall–Kier alpha value is -7.14. The first-order valence-corrected chi connectivity index (χ1v) is 26.7. The normalized spacial score (nSPS) is 25.8. The first kappa shape index (κ1) is 62.4. The lowest BCUT2D eigenvalue weighted by Crippen LogP contribution is -2.60. The van der Waals surface area contributed by atoms with Crippen LogP contribution < -0.4 is 43.0 Å². The predicted molar refractivity (Wildman–Crippen MR) is 278 cm³/mol. The van der Waals surface area contributed by atoms with E-state index in [4.69, 9.17) is 10.5 Å². The molecule has 1 aromatic rings. The summed E-state index contributed by atoms with van der Waals surface area (Å²) in [5, 5.41) is 28.1. The minimum Gasteiger partial charge on any atom is -0.508 e. The van der Waals surface area contributed by atoms with Crippen LogP contribution >= 0.6 is 0 Å². The van der Waals surface area contributed by atoms with E-state index in [9.17, 15) is 62.6 Å². The highest BCUT2D eigenvalue weighted by Gasteiger charge is 2.45. The molecule has 3 aliphatic heterocycles. The van der Waals surface area contributed by atoms with E-state index in [0.717, 1.165) is 0 Å². The number of nitrogens with two attached hydrogens (primary N) is 1. The van der Waals surface area contributed by atoms with Crippen LogP contribution in [0.15, 0.2) is 24.3 Å². The summed E-state index contributed by atoms with van der Waals surface area (Å²) in [4.78, 5) is 169. The fourth-order valence-electron chi connectivity index (χ4n) is 9.61. The van der Waals surface area contributed by atoms with Crippen LogP contribution in [0.3, 0.4) is 0 Å². The highest BCUT2D eigenvalue weighted by molar-refractivity contribution is 6.04. The van der Waals surface area contributed by atoms with Gasteiger partial charge in [0.1, 0.15) is 54.6 Å². The second-order valence-corrected chi connectivity index (χ2v) is 21.4. The minimum atomic E-state index is -1.69. The zero-order valence-corrected chi connectivity index (χ0v) is 45.6. The van der Waals surface area contributed by atoms with E-state index in [1.54, 1.807) is 48.5 Å². The lowest BCUT2D eigenvalue weighted by atomic mass is 9.97. The molecule has 0 saturated carbocycles. The molecule has 24 nitrogen and oxygen atoms in total. The number of amides is 10. The third-order valence-corrected chi connectivity index (χ3v) is 13.8. The second-order valence-electron chi connectivity index (χ2n) is 21.4. The van der Waals surface area contributed by atoms with Crippen molar-refractivity contribution in [3.63, 3.8) is 0 Å². The molecule has 77 heavy (non-hydrogen) atoms. The third kappa shape index (κ3) is 18.8. The summed E-state index contributed by atoms with van der Waals surface area (Å²) in [5.74, 6) is -11.1. The average Bonchev–Trinajstić information content (AvgIpc) is 4.02. The highest BCUT2D eigenvalue weighted by atomic mass is 16.5. The number of rotatable bonds is 15. The Morgan fingerprint density at radius 3 is 2.04 bits per heavy atom. The van der Waals surface area contributed by atoms with Crippen LogP contribution in [0, 0.1) is 23.7 Å². The van der Waals surface area contributed by atoms with Crippen LogP contribution in [0.1, 0.15) is 125 Å². The van der Waals surface area contributed by atoms with Crippen molar-refractivity contribution in [2.75, 3.05) is 26.2 Å². The molecule has 1 aromatic carbocycles. The number of aromatic hydroxyl groups is 1. The van der Waals surface area contributed by atoms with Crippen molar-refractivity contribution in [2.45, 2.75) is 174 Å². The van der Waals surface area contributed by atoms with Gasteiger partial charge in [-0.1, -0.05) is 73.9 Å². The molecule has 10 N–H and O–H groups in total.